The number of amides is 2. The molecule has 110 valence electrons. The van der Waals surface area contributed by atoms with Crippen LogP contribution in [0.2, 0.25) is 0 Å². The van der Waals surface area contributed by atoms with E-state index in [4.69, 9.17) is 4.42 Å². The molecule has 1 heterocycles. The summed E-state index contributed by atoms with van der Waals surface area (Å²) >= 11 is 0. The van der Waals surface area contributed by atoms with Crippen molar-refractivity contribution in [1.82, 2.24) is 10.2 Å². The molecule has 2 amide bonds. The summed E-state index contributed by atoms with van der Waals surface area (Å²) in [6.45, 7) is 0.314. The molecule has 2 rings (SSSR count). The average Bonchev–Trinajstić information content (AvgIpc) is 2.92. The third-order valence-corrected chi connectivity index (χ3v) is 3.78. The van der Waals surface area contributed by atoms with Crippen molar-refractivity contribution in [3.63, 3.8) is 0 Å². The van der Waals surface area contributed by atoms with Gasteiger partial charge < -0.3 is 19.7 Å². The molecule has 1 saturated carbocycles. The van der Waals surface area contributed by atoms with Gasteiger partial charge in [0, 0.05) is 7.05 Å². The van der Waals surface area contributed by atoms with Crippen LogP contribution < -0.4 is 5.32 Å². The van der Waals surface area contributed by atoms with Crippen LogP contribution in [-0.4, -0.2) is 34.6 Å². The lowest BCUT2D eigenvalue weighted by atomic mass is 9.82. The lowest BCUT2D eigenvalue weighted by molar-refractivity contribution is -0.145. The minimum atomic E-state index is -1.12. The number of hydrogen-bond donors (Lipinski definition) is 2. The van der Waals surface area contributed by atoms with Crippen LogP contribution in [0.15, 0.2) is 22.8 Å². The summed E-state index contributed by atoms with van der Waals surface area (Å²) in [7, 11) is 1.62. The fraction of sp³-hybridized carbons (Fsp3) is 0.571. The minimum absolute atomic E-state index is 0.314. The van der Waals surface area contributed by atoms with Crippen LogP contribution in [0.4, 0.5) is 4.79 Å². The highest BCUT2D eigenvalue weighted by atomic mass is 16.4. The number of nitrogens with zero attached hydrogens (tertiary/aromatic N) is 1. The Bertz CT molecular complexity index is 464. The lowest BCUT2D eigenvalue weighted by Crippen LogP contribution is -2.58. The molecule has 0 unspecified atom stereocenters. The topological polar surface area (TPSA) is 82.8 Å². The van der Waals surface area contributed by atoms with Crippen molar-refractivity contribution in [2.75, 3.05) is 7.05 Å². The molecule has 0 atom stereocenters. The normalized spacial score (nSPS) is 17.4. The van der Waals surface area contributed by atoms with Crippen LogP contribution in [0.5, 0.6) is 0 Å². The average molecular weight is 280 g/mol. The Labute approximate surface area is 117 Å². The zero-order valence-electron chi connectivity index (χ0n) is 11.6. The number of carbonyl (C=O) groups excluding carboxylic acids is 1. The molecule has 1 aromatic rings. The summed E-state index contributed by atoms with van der Waals surface area (Å²) in [5.41, 5.74) is -1.12. The van der Waals surface area contributed by atoms with Gasteiger partial charge in [-0.15, -0.1) is 0 Å². The summed E-state index contributed by atoms with van der Waals surface area (Å²) in [5, 5.41) is 12.1. The summed E-state index contributed by atoms with van der Waals surface area (Å²) in [6, 6.07) is 3.14. The Balaban J connectivity index is 1.99. The maximum Gasteiger partial charge on any atom is 0.329 e. The Morgan fingerprint density at radius 3 is 2.65 bits per heavy atom. The molecule has 1 fully saturated rings. The first-order valence-corrected chi connectivity index (χ1v) is 6.82. The van der Waals surface area contributed by atoms with Crippen LogP contribution in [0.3, 0.4) is 0 Å². The van der Waals surface area contributed by atoms with E-state index in [0.29, 0.717) is 25.1 Å². The standard InChI is InChI=1S/C14H20N2O4/c1-16(10-11-6-5-9-20-11)13(19)15-14(12(17)18)7-3-2-4-8-14/h5-6,9H,2-4,7-8,10H2,1H3,(H,15,19)(H,17,18). The van der Waals surface area contributed by atoms with Gasteiger partial charge in [0.15, 0.2) is 0 Å². The van der Waals surface area contributed by atoms with Crippen molar-refractivity contribution in [3.8, 4) is 0 Å². The molecule has 1 aliphatic carbocycles. The first-order valence-electron chi connectivity index (χ1n) is 6.82. The van der Waals surface area contributed by atoms with Gasteiger partial charge in [-0.05, 0) is 25.0 Å². The monoisotopic (exact) mass is 280 g/mol. The molecular formula is C14H20N2O4. The molecule has 1 aliphatic rings. The third-order valence-electron chi connectivity index (χ3n) is 3.78. The highest BCUT2D eigenvalue weighted by molar-refractivity contribution is 5.86. The number of carboxylic acids is 1. The molecule has 0 spiro atoms. The Morgan fingerprint density at radius 1 is 1.40 bits per heavy atom. The second-order valence-corrected chi connectivity index (χ2v) is 5.31. The molecule has 2 N–H and O–H groups in total. The number of urea groups is 1. The summed E-state index contributed by atoms with van der Waals surface area (Å²) < 4.78 is 5.18. The second-order valence-electron chi connectivity index (χ2n) is 5.31. The van der Waals surface area contributed by atoms with Crippen molar-refractivity contribution in [3.05, 3.63) is 24.2 Å². The first-order chi connectivity index (χ1) is 9.53. The summed E-state index contributed by atoms with van der Waals surface area (Å²) in [4.78, 5) is 25.1. The number of carboxylic acid groups (broad SMARTS) is 1. The minimum Gasteiger partial charge on any atom is -0.480 e. The first kappa shape index (κ1) is 14.4. The molecule has 0 radical (unpaired) electrons. The maximum atomic E-state index is 12.2. The Kier molecular flexibility index (Phi) is 4.32. The van der Waals surface area contributed by atoms with E-state index >= 15 is 0 Å². The zero-order chi connectivity index (χ0) is 14.6. The molecular weight excluding hydrogens is 260 g/mol. The van der Waals surface area contributed by atoms with Crippen molar-refractivity contribution >= 4 is 12.0 Å². The van der Waals surface area contributed by atoms with Crippen molar-refractivity contribution < 1.29 is 19.1 Å². The van der Waals surface area contributed by atoms with Crippen LogP contribution in [-0.2, 0) is 11.3 Å². The van der Waals surface area contributed by atoms with Gasteiger partial charge in [-0.1, -0.05) is 19.3 Å². The van der Waals surface area contributed by atoms with Crippen LogP contribution in [0.25, 0.3) is 0 Å². The van der Waals surface area contributed by atoms with Gasteiger partial charge in [0.25, 0.3) is 0 Å². The van der Waals surface area contributed by atoms with Gasteiger partial charge in [-0.25, -0.2) is 9.59 Å². The van der Waals surface area contributed by atoms with E-state index in [2.05, 4.69) is 5.32 Å². The number of hydrogen-bond acceptors (Lipinski definition) is 3. The van der Waals surface area contributed by atoms with Crippen molar-refractivity contribution in [2.45, 2.75) is 44.2 Å². The number of rotatable bonds is 4. The quantitative estimate of drug-likeness (QED) is 0.885. The number of carbonyl (C=O) groups is 2. The smallest absolute Gasteiger partial charge is 0.329 e. The van der Waals surface area contributed by atoms with Gasteiger partial charge in [-0.2, -0.15) is 0 Å². The van der Waals surface area contributed by atoms with E-state index in [-0.39, 0.29) is 6.03 Å². The molecule has 1 aromatic heterocycles. The largest absolute Gasteiger partial charge is 0.480 e. The number of furan rings is 1. The van der Waals surface area contributed by atoms with Crippen molar-refractivity contribution in [2.24, 2.45) is 0 Å². The fourth-order valence-corrected chi connectivity index (χ4v) is 2.56. The highest BCUT2D eigenvalue weighted by Gasteiger charge is 2.41. The van der Waals surface area contributed by atoms with E-state index in [1.165, 1.54) is 4.90 Å². The van der Waals surface area contributed by atoms with E-state index in [1.54, 1.807) is 25.4 Å². The summed E-state index contributed by atoms with van der Waals surface area (Å²) in [5.74, 6) is -0.285. The molecule has 0 aliphatic heterocycles. The van der Waals surface area contributed by atoms with Crippen LogP contribution >= 0.6 is 0 Å². The Morgan fingerprint density at radius 2 is 2.10 bits per heavy atom. The second kappa shape index (κ2) is 5.98. The van der Waals surface area contributed by atoms with Gasteiger partial charge in [0.1, 0.15) is 11.3 Å². The highest BCUT2D eigenvalue weighted by Crippen LogP contribution is 2.28. The predicted molar refractivity (Wildman–Crippen MR) is 72.2 cm³/mol. The molecule has 6 heteroatoms. The SMILES string of the molecule is CN(Cc1ccco1)C(=O)NC1(C(=O)O)CCCCC1. The van der Waals surface area contributed by atoms with Crippen LogP contribution in [0.1, 0.15) is 37.9 Å². The zero-order valence-corrected chi connectivity index (χ0v) is 11.6. The molecule has 0 bridgehead atoms. The number of aliphatic carboxylic acids is 1. The van der Waals surface area contributed by atoms with Gasteiger partial charge in [0.05, 0.1) is 12.8 Å². The van der Waals surface area contributed by atoms with Gasteiger partial charge >= 0.3 is 12.0 Å². The van der Waals surface area contributed by atoms with E-state index in [0.717, 1.165) is 19.3 Å². The van der Waals surface area contributed by atoms with Gasteiger partial charge in [0.2, 0.25) is 0 Å². The van der Waals surface area contributed by atoms with E-state index in [9.17, 15) is 14.7 Å². The maximum absolute atomic E-state index is 12.2. The van der Waals surface area contributed by atoms with Gasteiger partial charge in [-0.3, -0.25) is 0 Å². The number of nitrogens with one attached hydrogen (secondary N) is 1. The molecule has 0 aromatic carbocycles. The lowest BCUT2D eigenvalue weighted by Gasteiger charge is -2.35. The fourth-order valence-electron chi connectivity index (χ4n) is 2.56. The summed E-state index contributed by atoms with van der Waals surface area (Å²) in [6.07, 6.45) is 5.20. The molecule has 0 saturated heterocycles. The predicted octanol–water partition coefficient (Wildman–Crippen LogP) is 2.21. The Hall–Kier alpha value is -1.98. The van der Waals surface area contributed by atoms with Crippen LogP contribution in [0, 0.1) is 0 Å². The van der Waals surface area contributed by atoms with Crippen molar-refractivity contribution in [1.29, 1.82) is 0 Å². The molecule has 6 nitrogen and oxygen atoms in total. The molecule has 20 heavy (non-hydrogen) atoms. The van der Waals surface area contributed by atoms with E-state index in [1.807, 2.05) is 0 Å². The van der Waals surface area contributed by atoms with E-state index < -0.39 is 11.5 Å². The third kappa shape index (κ3) is 3.12.